The molecule has 1 heterocycles. The van der Waals surface area contributed by atoms with Gasteiger partial charge < -0.3 is 14.5 Å². The third-order valence-electron chi connectivity index (χ3n) is 4.82. The number of piperazine rings is 1. The molecule has 150 valence electrons. The minimum absolute atomic E-state index is 0.0220. The number of hydrogen-bond acceptors (Lipinski definition) is 5. The van der Waals surface area contributed by atoms with Gasteiger partial charge in [0.25, 0.3) is 5.91 Å². The van der Waals surface area contributed by atoms with Crippen molar-refractivity contribution in [2.75, 3.05) is 43.9 Å². The number of sulfone groups is 1. The van der Waals surface area contributed by atoms with Gasteiger partial charge in [0.2, 0.25) is 0 Å². The van der Waals surface area contributed by atoms with Crippen LogP contribution in [0.4, 0.5) is 5.69 Å². The number of aryl methyl sites for hydroxylation is 2. The molecule has 0 saturated carbocycles. The van der Waals surface area contributed by atoms with Crippen molar-refractivity contribution in [1.82, 2.24) is 4.90 Å². The van der Waals surface area contributed by atoms with Crippen LogP contribution < -0.4 is 9.64 Å². The third-order valence-corrected chi connectivity index (χ3v) is 5.95. The van der Waals surface area contributed by atoms with Gasteiger partial charge in [-0.25, -0.2) is 8.42 Å². The number of amides is 1. The maximum absolute atomic E-state index is 12.5. The number of rotatable bonds is 5. The predicted octanol–water partition coefficient (Wildman–Crippen LogP) is 2.43. The van der Waals surface area contributed by atoms with Gasteiger partial charge in [0.1, 0.15) is 5.75 Å². The van der Waals surface area contributed by atoms with Gasteiger partial charge >= 0.3 is 0 Å². The van der Waals surface area contributed by atoms with Crippen LogP contribution in [0.1, 0.15) is 11.1 Å². The minimum atomic E-state index is -3.19. The molecular formula is C21H26N2O4S. The van der Waals surface area contributed by atoms with Crippen LogP contribution in [-0.4, -0.2) is 58.3 Å². The summed E-state index contributed by atoms with van der Waals surface area (Å²) in [7, 11) is -3.19. The Balaban J connectivity index is 1.52. The molecule has 0 radical (unpaired) electrons. The standard InChI is InChI=1S/C21H26N2O4S/c1-16-12-17(2)14-19(13-16)27-15-21(24)23-10-8-22(9-11-23)18-4-6-20(7-5-18)28(3,25)26/h4-7,12-14H,8-11,15H2,1-3H3. The monoisotopic (exact) mass is 402 g/mol. The highest BCUT2D eigenvalue weighted by Gasteiger charge is 2.22. The van der Waals surface area contributed by atoms with Gasteiger partial charge in [-0.1, -0.05) is 6.07 Å². The minimum Gasteiger partial charge on any atom is -0.484 e. The average molecular weight is 403 g/mol. The van der Waals surface area contributed by atoms with Crippen LogP contribution in [0.3, 0.4) is 0 Å². The molecule has 6 nitrogen and oxygen atoms in total. The molecule has 0 unspecified atom stereocenters. The summed E-state index contributed by atoms with van der Waals surface area (Å²) in [6.45, 7) is 6.67. The van der Waals surface area contributed by atoms with Gasteiger partial charge in [0.15, 0.2) is 16.4 Å². The molecule has 0 atom stereocenters. The molecule has 28 heavy (non-hydrogen) atoms. The summed E-state index contributed by atoms with van der Waals surface area (Å²) in [6.07, 6.45) is 1.20. The molecule has 0 N–H and O–H groups in total. The molecule has 1 aliphatic heterocycles. The summed E-state index contributed by atoms with van der Waals surface area (Å²) < 4.78 is 28.8. The van der Waals surface area contributed by atoms with Crippen LogP contribution in [0.25, 0.3) is 0 Å². The summed E-state index contributed by atoms with van der Waals surface area (Å²) >= 11 is 0. The molecule has 1 amide bonds. The zero-order valence-electron chi connectivity index (χ0n) is 16.5. The van der Waals surface area contributed by atoms with E-state index in [0.29, 0.717) is 31.1 Å². The van der Waals surface area contributed by atoms with Crippen molar-refractivity contribution in [3.8, 4) is 5.75 Å². The van der Waals surface area contributed by atoms with Crippen molar-refractivity contribution in [3.63, 3.8) is 0 Å². The van der Waals surface area contributed by atoms with Gasteiger partial charge in [-0.3, -0.25) is 4.79 Å². The highest BCUT2D eigenvalue weighted by Crippen LogP contribution is 2.20. The van der Waals surface area contributed by atoms with Crippen molar-refractivity contribution < 1.29 is 17.9 Å². The van der Waals surface area contributed by atoms with E-state index in [-0.39, 0.29) is 12.5 Å². The third kappa shape index (κ3) is 5.04. The Kier molecular flexibility index (Phi) is 5.93. The average Bonchev–Trinajstić information content (AvgIpc) is 2.65. The van der Waals surface area contributed by atoms with Crippen molar-refractivity contribution in [2.24, 2.45) is 0 Å². The smallest absolute Gasteiger partial charge is 0.260 e. The van der Waals surface area contributed by atoms with E-state index in [1.807, 2.05) is 43.0 Å². The summed E-state index contributed by atoms with van der Waals surface area (Å²) in [4.78, 5) is 16.7. The molecule has 3 rings (SSSR count). The normalized spacial score (nSPS) is 14.8. The molecule has 1 saturated heterocycles. The fourth-order valence-electron chi connectivity index (χ4n) is 3.37. The fraction of sp³-hybridized carbons (Fsp3) is 0.381. The van der Waals surface area contributed by atoms with Crippen LogP contribution in [-0.2, 0) is 14.6 Å². The number of ether oxygens (including phenoxy) is 1. The first kappa shape index (κ1) is 20.2. The first-order valence-electron chi connectivity index (χ1n) is 9.26. The Bertz CT molecular complexity index is 927. The van der Waals surface area contributed by atoms with E-state index in [1.54, 1.807) is 12.1 Å². The SMILES string of the molecule is Cc1cc(C)cc(OCC(=O)N2CCN(c3ccc(S(C)(=O)=O)cc3)CC2)c1. The highest BCUT2D eigenvalue weighted by atomic mass is 32.2. The zero-order valence-corrected chi connectivity index (χ0v) is 17.3. The second-order valence-electron chi connectivity index (χ2n) is 7.25. The van der Waals surface area contributed by atoms with Crippen molar-refractivity contribution in [1.29, 1.82) is 0 Å². The van der Waals surface area contributed by atoms with Gasteiger partial charge in [-0.05, 0) is 61.4 Å². The molecule has 7 heteroatoms. The first-order valence-corrected chi connectivity index (χ1v) is 11.2. The van der Waals surface area contributed by atoms with E-state index >= 15 is 0 Å². The van der Waals surface area contributed by atoms with Crippen LogP contribution in [0, 0.1) is 13.8 Å². The highest BCUT2D eigenvalue weighted by molar-refractivity contribution is 7.90. The Morgan fingerprint density at radius 2 is 1.54 bits per heavy atom. The van der Waals surface area contributed by atoms with Gasteiger partial charge in [0.05, 0.1) is 4.90 Å². The second-order valence-corrected chi connectivity index (χ2v) is 9.26. The quantitative estimate of drug-likeness (QED) is 0.769. The van der Waals surface area contributed by atoms with E-state index in [1.165, 1.54) is 6.26 Å². The van der Waals surface area contributed by atoms with E-state index in [2.05, 4.69) is 11.0 Å². The molecule has 0 bridgehead atoms. The van der Waals surface area contributed by atoms with Crippen LogP contribution in [0.5, 0.6) is 5.75 Å². The Morgan fingerprint density at radius 1 is 0.964 bits per heavy atom. The molecule has 2 aromatic rings. The van der Waals surface area contributed by atoms with E-state index in [4.69, 9.17) is 4.74 Å². The van der Waals surface area contributed by atoms with E-state index in [9.17, 15) is 13.2 Å². The largest absolute Gasteiger partial charge is 0.484 e. The summed E-state index contributed by atoms with van der Waals surface area (Å²) in [5.74, 6) is 0.696. The topological polar surface area (TPSA) is 66.9 Å². The van der Waals surface area contributed by atoms with E-state index in [0.717, 1.165) is 22.6 Å². The zero-order chi connectivity index (χ0) is 20.3. The molecule has 1 aliphatic rings. The van der Waals surface area contributed by atoms with Crippen molar-refractivity contribution in [2.45, 2.75) is 18.7 Å². The molecule has 0 aromatic heterocycles. The maximum atomic E-state index is 12.5. The number of carbonyl (C=O) groups is 1. The Hall–Kier alpha value is -2.54. The first-order chi connectivity index (χ1) is 13.2. The number of hydrogen-bond donors (Lipinski definition) is 0. The van der Waals surface area contributed by atoms with Crippen LogP contribution in [0.2, 0.25) is 0 Å². The van der Waals surface area contributed by atoms with Gasteiger partial charge in [-0.15, -0.1) is 0 Å². The van der Waals surface area contributed by atoms with Crippen molar-refractivity contribution in [3.05, 3.63) is 53.6 Å². The molecule has 0 aliphatic carbocycles. The molecular weight excluding hydrogens is 376 g/mol. The summed E-state index contributed by atoms with van der Waals surface area (Å²) in [5.41, 5.74) is 3.18. The molecule has 1 fully saturated rings. The molecule has 0 spiro atoms. The summed E-state index contributed by atoms with van der Waals surface area (Å²) in [5, 5.41) is 0. The van der Waals surface area contributed by atoms with Crippen molar-refractivity contribution >= 4 is 21.4 Å². The maximum Gasteiger partial charge on any atom is 0.260 e. The van der Waals surface area contributed by atoms with Gasteiger partial charge in [0, 0.05) is 38.1 Å². The van der Waals surface area contributed by atoms with Crippen LogP contribution >= 0.6 is 0 Å². The lowest BCUT2D eigenvalue weighted by Crippen LogP contribution is -2.50. The second kappa shape index (κ2) is 8.22. The lowest BCUT2D eigenvalue weighted by molar-refractivity contribution is -0.133. The summed E-state index contributed by atoms with van der Waals surface area (Å²) in [6, 6.07) is 12.8. The predicted molar refractivity (Wildman–Crippen MR) is 110 cm³/mol. The lowest BCUT2D eigenvalue weighted by atomic mass is 10.1. The fourth-order valence-corrected chi connectivity index (χ4v) is 4.00. The van der Waals surface area contributed by atoms with E-state index < -0.39 is 9.84 Å². The number of benzene rings is 2. The lowest BCUT2D eigenvalue weighted by Gasteiger charge is -2.36. The Morgan fingerprint density at radius 3 is 2.07 bits per heavy atom. The number of anilines is 1. The number of nitrogens with zero attached hydrogens (tertiary/aromatic N) is 2. The number of carbonyl (C=O) groups excluding carboxylic acids is 1. The van der Waals surface area contributed by atoms with Crippen LogP contribution in [0.15, 0.2) is 47.4 Å². The van der Waals surface area contributed by atoms with Gasteiger partial charge in [-0.2, -0.15) is 0 Å². The Labute approximate surface area is 166 Å². The molecule has 2 aromatic carbocycles.